The topological polar surface area (TPSA) is 45.8 Å². The van der Waals surface area contributed by atoms with Crippen LogP contribution in [0.4, 0.5) is 4.39 Å². The Morgan fingerprint density at radius 1 is 1.32 bits per heavy atom. The summed E-state index contributed by atoms with van der Waals surface area (Å²) in [7, 11) is 3.46. The van der Waals surface area contributed by atoms with Crippen LogP contribution in [0.3, 0.4) is 0 Å². The summed E-state index contributed by atoms with van der Waals surface area (Å²) >= 11 is 0. The number of nitrogens with zero attached hydrogens (tertiary/aromatic N) is 1. The third kappa shape index (κ3) is 4.16. The molecule has 0 fully saturated rings. The first-order valence-electron chi connectivity index (χ1n) is 7.21. The maximum absolute atomic E-state index is 13.6. The van der Waals surface area contributed by atoms with Crippen molar-refractivity contribution in [3.63, 3.8) is 0 Å². The molecule has 1 aromatic carbocycles. The average Bonchev–Trinajstić information content (AvgIpc) is 2.90. The van der Waals surface area contributed by atoms with Crippen molar-refractivity contribution in [3.8, 4) is 11.3 Å². The van der Waals surface area contributed by atoms with Gasteiger partial charge >= 0.3 is 0 Å². The van der Waals surface area contributed by atoms with Crippen LogP contribution in [0, 0.1) is 12.7 Å². The van der Waals surface area contributed by atoms with Crippen LogP contribution in [-0.4, -0.2) is 43.4 Å². The third-order valence-electron chi connectivity index (χ3n) is 3.50. The molecule has 0 aliphatic rings. The Kier molecular flexibility index (Phi) is 5.71. The fourth-order valence-electron chi connectivity index (χ4n) is 2.42. The second-order valence-corrected chi connectivity index (χ2v) is 5.48. The number of methoxy groups -OCH3 is 1. The Labute approximate surface area is 130 Å². The molecular weight excluding hydrogens is 285 g/mol. The SMILES string of the molecule is COCC(O)CN(C)Cc1ccc(-c2cccc(F)c2C)o1. The molecule has 0 aliphatic heterocycles. The molecule has 0 bridgehead atoms. The lowest BCUT2D eigenvalue weighted by Gasteiger charge is -2.18. The van der Waals surface area contributed by atoms with E-state index in [0.717, 1.165) is 11.3 Å². The molecule has 0 aliphatic carbocycles. The predicted molar refractivity (Wildman–Crippen MR) is 83.1 cm³/mol. The van der Waals surface area contributed by atoms with Crippen molar-refractivity contribution in [2.75, 3.05) is 27.3 Å². The van der Waals surface area contributed by atoms with Crippen molar-refractivity contribution in [1.29, 1.82) is 0 Å². The van der Waals surface area contributed by atoms with Gasteiger partial charge in [-0.3, -0.25) is 4.90 Å². The molecule has 1 atom stereocenters. The highest BCUT2D eigenvalue weighted by molar-refractivity contribution is 5.62. The van der Waals surface area contributed by atoms with Crippen molar-refractivity contribution in [1.82, 2.24) is 4.90 Å². The van der Waals surface area contributed by atoms with E-state index in [1.807, 2.05) is 30.1 Å². The smallest absolute Gasteiger partial charge is 0.134 e. The Balaban J connectivity index is 2.04. The number of hydrogen-bond donors (Lipinski definition) is 1. The van der Waals surface area contributed by atoms with Gasteiger partial charge in [-0.25, -0.2) is 4.39 Å². The lowest BCUT2D eigenvalue weighted by atomic mass is 10.1. The van der Waals surface area contributed by atoms with Gasteiger partial charge < -0.3 is 14.3 Å². The summed E-state index contributed by atoms with van der Waals surface area (Å²) in [4.78, 5) is 1.95. The number of halogens is 1. The van der Waals surface area contributed by atoms with Crippen molar-refractivity contribution < 1.29 is 18.7 Å². The number of likely N-dealkylation sites (N-methyl/N-ethyl adjacent to an activating group) is 1. The van der Waals surface area contributed by atoms with Crippen LogP contribution in [0.25, 0.3) is 11.3 Å². The van der Waals surface area contributed by atoms with E-state index in [0.29, 0.717) is 31.0 Å². The molecule has 1 unspecified atom stereocenters. The number of benzene rings is 1. The summed E-state index contributed by atoms with van der Waals surface area (Å²) in [5.41, 5.74) is 1.33. The zero-order valence-electron chi connectivity index (χ0n) is 13.2. The van der Waals surface area contributed by atoms with Gasteiger partial charge in [0.15, 0.2) is 0 Å². The second kappa shape index (κ2) is 7.54. The van der Waals surface area contributed by atoms with Crippen molar-refractivity contribution in [3.05, 3.63) is 47.5 Å². The van der Waals surface area contributed by atoms with Crippen molar-refractivity contribution in [2.45, 2.75) is 19.6 Å². The van der Waals surface area contributed by atoms with Crippen LogP contribution in [-0.2, 0) is 11.3 Å². The molecule has 0 saturated carbocycles. The van der Waals surface area contributed by atoms with Crippen molar-refractivity contribution >= 4 is 0 Å². The molecule has 5 heteroatoms. The van der Waals surface area contributed by atoms with Crippen LogP contribution in [0.15, 0.2) is 34.7 Å². The van der Waals surface area contributed by atoms with Gasteiger partial charge in [0, 0.05) is 19.2 Å². The van der Waals surface area contributed by atoms with Gasteiger partial charge in [-0.05, 0) is 37.7 Å². The summed E-state index contributed by atoms with van der Waals surface area (Å²) in [5, 5.41) is 9.71. The first kappa shape index (κ1) is 16.7. The van der Waals surface area contributed by atoms with Crippen LogP contribution < -0.4 is 0 Å². The number of aliphatic hydroxyl groups is 1. The van der Waals surface area contributed by atoms with Gasteiger partial charge in [0.25, 0.3) is 0 Å². The quantitative estimate of drug-likeness (QED) is 0.854. The number of hydrogen-bond acceptors (Lipinski definition) is 4. The highest BCUT2D eigenvalue weighted by atomic mass is 19.1. The molecule has 1 aromatic heterocycles. The Hall–Kier alpha value is -1.69. The summed E-state index contributed by atoms with van der Waals surface area (Å²) in [6.45, 7) is 3.09. The summed E-state index contributed by atoms with van der Waals surface area (Å²) in [6.07, 6.45) is -0.533. The number of ether oxygens (including phenoxy) is 1. The molecule has 0 radical (unpaired) electrons. The summed E-state index contributed by atoms with van der Waals surface area (Å²) < 4.78 is 24.3. The van der Waals surface area contributed by atoms with Gasteiger partial charge in [-0.2, -0.15) is 0 Å². The van der Waals surface area contributed by atoms with Crippen LogP contribution in [0.5, 0.6) is 0 Å². The van der Waals surface area contributed by atoms with Crippen LogP contribution in [0.2, 0.25) is 0 Å². The van der Waals surface area contributed by atoms with E-state index in [1.54, 1.807) is 20.1 Å². The van der Waals surface area contributed by atoms with E-state index < -0.39 is 6.10 Å². The van der Waals surface area contributed by atoms with E-state index in [1.165, 1.54) is 6.07 Å². The molecule has 120 valence electrons. The first-order valence-corrected chi connectivity index (χ1v) is 7.21. The van der Waals surface area contributed by atoms with Gasteiger partial charge in [-0.1, -0.05) is 12.1 Å². The van der Waals surface area contributed by atoms with Gasteiger partial charge in [0.05, 0.1) is 19.3 Å². The van der Waals surface area contributed by atoms with E-state index in [-0.39, 0.29) is 5.82 Å². The largest absolute Gasteiger partial charge is 0.460 e. The zero-order chi connectivity index (χ0) is 16.1. The molecule has 4 nitrogen and oxygen atoms in total. The first-order chi connectivity index (χ1) is 10.5. The van der Waals surface area contributed by atoms with Gasteiger partial charge in [-0.15, -0.1) is 0 Å². The van der Waals surface area contributed by atoms with Crippen molar-refractivity contribution in [2.24, 2.45) is 0 Å². The fraction of sp³-hybridized carbons (Fsp3) is 0.412. The highest BCUT2D eigenvalue weighted by Crippen LogP contribution is 2.27. The Morgan fingerprint density at radius 2 is 2.09 bits per heavy atom. The fourth-order valence-corrected chi connectivity index (χ4v) is 2.42. The second-order valence-electron chi connectivity index (χ2n) is 5.48. The Morgan fingerprint density at radius 3 is 2.82 bits per heavy atom. The number of furan rings is 1. The normalized spacial score (nSPS) is 12.8. The third-order valence-corrected chi connectivity index (χ3v) is 3.50. The average molecular weight is 307 g/mol. The number of rotatable bonds is 7. The highest BCUT2D eigenvalue weighted by Gasteiger charge is 2.13. The molecule has 22 heavy (non-hydrogen) atoms. The van der Waals surface area contributed by atoms with Crippen LogP contribution >= 0.6 is 0 Å². The zero-order valence-corrected chi connectivity index (χ0v) is 13.2. The Bertz CT molecular complexity index is 612. The lowest BCUT2D eigenvalue weighted by Crippen LogP contribution is -2.31. The number of aliphatic hydroxyl groups excluding tert-OH is 1. The standard InChI is InChI=1S/C17H22FNO3/c1-12-15(5-4-6-16(12)18)17-8-7-14(22-17)10-19(2)9-13(20)11-21-3/h4-8,13,20H,9-11H2,1-3H3. The maximum Gasteiger partial charge on any atom is 0.134 e. The van der Waals surface area contributed by atoms with E-state index in [2.05, 4.69) is 0 Å². The minimum Gasteiger partial charge on any atom is -0.460 e. The van der Waals surface area contributed by atoms with E-state index >= 15 is 0 Å². The molecule has 2 aromatic rings. The van der Waals surface area contributed by atoms with Gasteiger partial charge in [0.2, 0.25) is 0 Å². The molecule has 0 amide bonds. The minimum atomic E-state index is -0.533. The molecule has 2 rings (SSSR count). The molecule has 1 heterocycles. The molecule has 1 N–H and O–H groups in total. The lowest BCUT2D eigenvalue weighted by molar-refractivity contribution is 0.0407. The predicted octanol–water partition coefficient (Wildman–Crippen LogP) is 2.83. The minimum absolute atomic E-state index is 0.241. The summed E-state index contributed by atoms with van der Waals surface area (Å²) in [5.74, 6) is 1.18. The van der Waals surface area contributed by atoms with E-state index in [9.17, 15) is 9.50 Å². The monoisotopic (exact) mass is 307 g/mol. The maximum atomic E-state index is 13.6. The van der Waals surface area contributed by atoms with Gasteiger partial charge in [0.1, 0.15) is 17.3 Å². The molecule has 0 saturated heterocycles. The molecule has 0 spiro atoms. The van der Waals surface area contributed by atoms with E-state index in [4.69, 9.17) is 9.15 Å². The molecular formula is C17H22FNO3. The van der Waals surface area contributed by atoms with Crippen LogP contribution in [0.1, 0.15) is 11.3 Å². The summed E-state index contributed by atoms with van der Waals surface area (Å²) in [6, 6.07) is 8.67.